The molecule has 0 spiro atoms. The SMILES string of the molecule is COCCn1c(C)cc(C(=O)N2C[C@@H](F)C[C@H]2Cn2cc(C(=O)N(C)C)nn2)c1C. The van der Waals surface area contributed by atoms with Crippen LogP contribution in [0.15, 0.2) is 12.3 Å². The van der Waals surface area contributed by atoms with Gasteiger partial charge >= 0.3 is 0 Å². The molecule has 2 amide bonds. The average molecular weight is 420 g/mol. The number of amides is 2. The highest BCUT2D eigenvalue weighted by atomic mass is 19.1. The van der Waals surface area contributed by atoms with E-state index < -0.39 is 6.17 Å². The predicted molar refractivity (Wildman–Crippen MR) is 108 cm³/mol. The molecule has 2 atom stereocenters. The van der Waals surface area contributed by atoms with Crippen molar-refractivity contribution in [3.05, 3.63) is 34.9 Å². The van der Waals surface area contributed by atoms with Crippen LogP contribution in [0, 0.1) is 13.8 Å². The van der Waals surface area contributed by atoms with Crippen molar-refractivity contribution in [2.45, 2.75) is 45.6 Å². The molecule has 164 valence electrons. The zero-order valence-electron chi connectivity index (χ0n) is 18.1. The zero-order chi connectivity index (χ0) is 22.0. The van der Waals surface area contributed by atoms with E-state index in [-0.39, 0.29) is 43.1 Å². The number of halogens is 1. The third kappa shape index (κ3) is 4.38. The first-order valence-electron chi connectivity index (χ1n) is 9.95. The van der Waals surface area contributed by atoms with Gasteiger partial charge in [0.1, 0.15) is 6.17 Å². The molecule has 9 nitrogen and oxygen atoms in total. The Labute approximate surface area is 175 Å². The Kier molecular flexibility index (Phi) is 6.55. The number of likely N-dealkylation sites (tertiary alicyclic amines) is 1. The van der Waals surface area contributed by atoms with E-state index in [1.807, 2.05) is 24.5 Å². The third-order valence-corrected chi connectivity index (χ3v) is 5.51. The number of carbonyl (C=O) groups is 2. The van der Waals surface area contributed by atoms with Crippen LogP contribution in [-0.4, -0.2) is 87.7 Å². The average Bonchev–Trinajstić information content (AvgIpc) is 3.38. The first-order valence-corrected chi connectivity index (χ1v) is 9.95. The van der Waals surface area contributed by atoms with Gasteiger partial charge in [-0.2, -0.15) is 0 Å². The Morgan fingerprint density at radius 3 is 2.73 bits per heavy atom. The molecule has 1 aliphatic rings. The van der Waals surface area contributed by atoms with E-state index in [2.05, 4.69) is 10.3 Å². The summed E-state index contributed by atoms with van der Waals surface area (Å²) in [5.74, 6) is -0.450. The number of hydrogen-bond donors (Lipinski definition) is 0. The molecule has 0 bridgehead atoms. The molecule has 1 saturated heterocycles. The minimum absolute atomic E-state index is 0.0451. The lowest BCUT2D eigenvalue weighted by Gasteiger charge is -2.24. The molecule has 30 heavy (non-hydrogen) atoms. The van der Waals surface area contributed by atoms with Crippen LogP contribution < -0.4 is 0 Å². The predicted octanol–water partition coefficient (Wildman–Crippen LogP) is 1.30. The quantitative estimate of drug-likeness (QED) is 0.674. The molecular weight excluding hydrogens is 391 g/mol. The lowest BCUT2D eigenvalue weighted by Crippen LogP contribution is -2.38. The number of alkyl halides is 1. The standard InChI is InChI=1S/C20H29FN6O3/c1-13-8-17(14(2)26(13)6-7-30-5)19(28)27-10-15(21)9-16(27)11-25-12-18(22-23-25)20(29)24(3)4/h8,12,15-16H,6-7,9-11H2,1-5H3/t15-,16-/m0/s1. The van der Waals surface area contributed by atoms with Crippen LogP contribution in [0.1, 0.15) is 38.7 Å². The van der Waals surface area contributed by atoms with Crippen molar-refractivity contribution in [1.82, 2.24) is 29.4 Å². The van der Waals surface area contributed by atoms with Crippen molar-refractivity contribution >= 4 is 11.8 Å². The van der Waals surface area contributed by atoms with Gasteiger partial charge in [-0.05, 0) is 19.9 Å². The Morgan fingerprint density at radius 1 is 1.33 bits per heavy atom. The van der Waals surface area contributed by atoms with Gasteiger partial charge in [0.2, 0.25) is 0 Å². The number of nitrogens with zero attached hydrogens (tertiary/aromatic N) is 6. The van der Waals surface area contributed by atoms with Gasteiger partial charge < -0.3 is 19.1 Å². The van der Waals surface area contributed by atoms with Gasteiger partial charge in [0, 0.05) is 45.6 Å². The molecule has 2 aromatic rings. The van der Waals surface area contributed by atoms with Crippen LogP contribution >= 0.6 is 0 Å². The highest BCUT2D eigenvalue weighted by molar-refractivity contribution is 5.96. The maximum absolute atomic E-state index is 14.3. The lowest BCUT2D eigenvalue weighted by molar-refractivity contribution is 0.0712. The summed E-state index contributed by atoms with van der Waals surface area (Å²) in [6.07, 6.45) is 0.667. The Hall–Kier alpha value is -2.75. The first kappa shape index (κ1) is 21.9. The molecule has 10 heteroatoms. The smallest absolute Gasteiger partial charge is 0.275 e. The highest BCUT2D eigenvalue weighted by Crippen LogP contribution is 2.26. The second kappa shape index (κ2) is 8.95. The molecule has 0 radical (unpaired) electrons. The van der Waals surface area contributed by atoms with E-state index in [1.165, 1.54) is 15.8 Å². The maximum atomic E-state index is 14.3. The Morgan fingerprint density at radius 2 is 2.07 bits per heavy atom. The fourth-order valence-electron chi connectivity index (χ4n) is 3.91. The largest absolute Gasteiger partial charge is 0.383 e. The number of aromatic nitrogens is 4. The number of carbonyl (C=O) groups excluding carboxylic acids is 2. The first-order chi connectivity index (χ1) is 14.2. The highest BCUT2D eigenvalue weighted by Gasteiger charge is 2.37. The van der Waals surface area contributed by atoms with E-state index in [1.54, 1.807) is 26.1 Å². The summed E-state index contributed by atoms with van der Waals surface area (Å²) in [4.78, 5) is 28.3. The number of ether oxygens (including phenoxy) is 1. The summed E-state index contributed by atoms with van der Waals surface area (Å²) >= 11 is 0. The van der Waals surface area contributed by atoms with E-state index in [0.717, 1.165) is 11.4 Å². The van der Waals surface area contributed by atoms with Crippen molar-refractivity contribution in [3.63, 3.8) is 0 Å². The van der Waals surface area contributed by atoms with Crippen LogP contribution in [0.25, 0.3) is 0 Å². The monoisotopic (exact) mass is 420 g/mol. The second-order valence-corrected chi connectivity index (χ2v) is 7.90. The van der Waals surface area contributed by atoms with Crippen molar-refractivity contribution in [2.24, 2.45) is 0 Å². The minimum Gasteiger partial charge on any atom is -0.383 e. The number of rotatable bonds is 7. The van der Waals surface area contributed by atoms with Gasteiger partial charge in [-0.3, -0.25) is 9.59 Å². The van der Waals surface area contributed by atoms with Gasteiger partial charge in [-0.25, -0.2) is 9.07 Å². The van der Waals surface area contributed by atoms with Gasteiger partial charge in [-0.15, -0.1) is 5.10 Å². The topological polar surface area (TPSA) is 85.5 Å². The van der Waals surface area contributed by atoms with Crippen LogP contribution in [-0.2, 0) is 17.8 Å². The van der Waals surface area contributed by atoms with Crippen LogP contribution in [0.3, 0.4) is 0 Å². The van der Waals surface area contributed by atoms with E-state index >= 15 is 0 Å². The molecule has 1 fully saturated rings. The zero-order valence-corrected chi connectivity index (χ0v) is 18.1. The molecule has 0 aliphatic carbocycles. The Bertz CT molecular complexity index is 922. The maximum Gasteiger partial charge on any atom is 0.275 e. The fourth-order valence-corrected chi connectivity index (χ4v) is 3.91. The van der Waals surface area contributed by atoms with E-state index in [4.69, 9.17) is 4.74 Å². The molecule has 0 aromatic carbocycles. The van der Waals surface area contributed by atoms with Crippen LogP contribution in [0.5, 0.6) is 0 Å². The third-order valence-electron chi connectivity index (χ3n) is 5.51. The molecular formula is C20H29FN6O3. The van der Waals surface area contributed by atoms with E-state index in [9.17, 15) is 14.0 Å². The van der Waals surface area contributed by atoms with Gasteiger partial charge in [0.15, 0.2) is 5.69 Å². The van der Waals surface area contributed by atoms with Crippen molar-refractivity contribution < 1.29 is 18.7 Å². The minimum atomic E-state index is -1.10. The van der Waals surface area contributed by atoms with Crippen LogP contribution in [0.4, 0.5) is 4.39 Å². The molecule has 0 N–H and O–H groups in total. The fraction of sp³-hybridized carbons (Fsp3) is 0.600. The lowest BCUT2D eigenvalue weighted by atomic mass is 10.1. The molecule has 1 aliphatic heterocycles. The summed E-state index contributed by atoms with van der Waals surface area (Å²) in [6.45, 7) is 5.36. The summed E-state index contributed by atoms with van der Waals surface area (Å²) in [7, 11) is 4.91. The second-order valence-electron chi connectivity index (χ2n) is 7.90. The summed E-state index contributed by atoms with van der Waals surface area (Å²) in [6, 6.07) is 1.48. The van der Waals surface area contributed by atoms with Crippen LogP contribution in [0.2, 0.25) is 0 Å². The molecule has 3 heterocycles. The molecule has 0 saturated carbocycles. The van der Waals surface area contributed by atoms with Gasteiger partial charge in [-0.1, -0.05) is 5.21 Å². The normalized spacial score (nSPS) is 18.8. The molecule has 0 unspecified atom stereocenters. The Balaban J connectivity index is 1.78. The van der Waals surface area contributed by atoms with E-state index in [0.29, 0.717) is 18.7 Å². The molecule has 3 rings (SSSR count). The molecule has 2 aromatic heterocycles. The van der Waals surface area contributed by atoms with Crippen molar-refractivity contribution in [1.29, 1.82) is 0 Å². The summed E-state index contributed by atoms with van der Waals surface area (Å²) in [5.41, 5.74) is 2.60. The van der Waals surface area contributed by atoms with Gasteiger partial charge in [0.05, 0.1) is 37.5 Å². The summed E-state index contributed by atoms with van der Waals surface area (Å²) < 4.78 is 23.0. The van der Waals surface area contributed by atoms with Crippen molar-refractivity contribution in [2.75, 3.05) is 34.4 Å². The number of aryl methyl sites for hydroxylation is 1. The summed E-state index contributed by atoms with van der Waals surface area (Å²) in [5, 5.41) is 7.88. The van der Waals surface area contributed by atoms with Gasteiger partial charge in [0.25, 0.3) is 11.8 Å². The van der Waals surface area contributed by atoms with Crippen molar-refractivity contribution in [3.8, 4) is 0 Å². The number of methoxy groups -OCH3 is 1. The number of hydrogen-bond acceptors (Lipinski definition) is 5.